The van der Waals surface area contributed by atoms with Crippen molar-refractivity contribution in [3.63, 3.8) is 0 Å². The summed E-state index contributed by atoms with van der Waals surface area (Å²) >= 11 is 0. The molecule has 0 unspecified atom stereocenters. The van der Waals surface area contributed by atoms with Gasteiger partial charge >= 0.3 is 0 Å². The van der Waals surface area contributed by atoms with E-state index in [1.807, 2.05) is 121 Å². The first-order valence-corrected chi connectivity index (χ1v) is 10.8. The summed E-state index contributed by atoms with van der Waals surface area (Å²) in [5.41, 5.74) is 11.7. The van der Waals surface area contributed by atoms with Crippen LogP contribution in [0.1, 0.15) is 28.3 Å². The van der Waals surface area contributed by atoms with Crippen molar-refractivity contribution in [3.8, 4) is 0 Å². The fourth-order valence-electron chi connectivity index (χ4n) is 4.14. The van der Waals surface area contributed by atoms with Crippen LogP contribution in [-0.4, -0.2) is 17.8 Å². The molecule has 0 radical (unpaired) electrons. The second-order valence-electron chi connectivity index (χ2n) is 7.72. The number of aliphatic hydroxyl groups excluding tert-OH is 1. The Balaban J connectivity index is 1.78. The monoisotopic (exact) mass is 435 g/mol. The zero-order chi connectivity index (χ0) is 22.9. The van der Waals surface area contributed by atoms with Crippen molar-refractivity contribution < 1.29 is 9.84 Å². The number of ether oxygens (including phenoxy) is 1. The third-order valence-corrected chi connectivity index (χ3v) is 5.69. The first-order valence-electron chi connectivity index (χ1n) is 10.8. The Morgan fingerprint density at radius 2 is 1.09 bits per heavy atom. The Labute approximate surface area is 193 Å². The molecule has 4 aromatic rings. The molecule has 1 N–H and O–H groups in total. The smallest absolute Gasteiger partial charge is 0.143 e. The Morgan fingerprint density at radius 1 is 0.697 bits per heavy atom. The van der Waals surface area contributed by atoms with E-state index in [9.17, 15) is 5.11 Å². The summed E-state index contributed by atoms with van der Waals surface area (Å²) in [5, 5.41) is 15.0. The summed E-state index contributed by atoms with van der Waals surface area (Å²) < 4.78 is 6.67. The van der Waals surface area contributed by atoms with Gasteiger partial charge in [-0.25, -0.2) is 0 Å². The molecule has 0 aliphatic rings. The molecule has 4 rings (SSSR count). The Bertz CT molecular complexity index is 1080. The molecule has 4 aromatic carbocycles. The van der Waals surface area contributed by atoms with E-state index in [1.54, 1.807) is 0 Å². The van der Waals surface area contributed by atoms with E-state index in [1.165, 1.54) is 0 Å². The van der Waals surface area contributed by atoms with E-state index in [4.69, 9.17) is 10.3 Å². The standard InChI is InChI=1S/C28H25N3O2/c29-31-30-27(22-13-5-1-6-14-22)26(32)21-33-28(23-15-7-2-8-16-23,24-17-9-3-10-18-24)25-19-11-4-12-20-25/h1-20,26-27,32H,21H2/t26-,27+/m0/s1. The molecule has 0 amide bonds. The van der Waals surface area contributed by atoms with Gasteiger partial charge in [0.25, 0.3) is 0 Å². The number of benzene rings is 4. The summed E-state index contributed by atoms with van der Waals surface area (Å²) in [5.74, 6) is 0. The molecule has 0 aromatic heterocycles. The van der Waals surface area contributed by atoms with Crippen molar-refractivity contribution in [2.45, 2.75) is 17.7 Å². The Kier molecular flexibility index (Phi) is 7.18. The van der Waals surface area contributed by atoms with E-state index in [0.29, 0.717) is 0 Å². The first kappa shape index (κ1) is 22.3. The molecular formula is C28H25N3O2. The van der Waals surface area contributed by atoms with E-state index in [0.717, 1.165) is 22.3 Å². The number of rotatable bonds is 9. The molecule has 0 heterocycles. The van der Waals surface area contributed by atoms with Crippen LogP contribution in [0.4, 0.5) is 0 Å². The third kappa shape index (κ3) is 4.81. The zero-order valence-electron chi connectivity index (χ0n) is 18.1. The van der Waals surface area contributed by atoms with Crippen LogP contribution in [0.5, 0.6) is 0 Å². The Morgan fingerprint density at radius 3 is 1.48 bits per heavy atom. The van der Waals surface area contributed by atoms with Crippen LogP contribution in [0.2, 0.25) is 0 Å². The second kappa shape index (κ2) is 10.6. The van der Waals surface area contributed by atoms with Crippen molar-refractivity contribution in [1.29, 1.82) is 0 Å². The highest BCUT2D eigenvalue weighted by Gasteiger charge is 2.38. The minimum atomic E-state index is -1.04. The summed E-state index contributed by atoms with van der Waals surface area (Å²) in [7, 11) is 0. The lowest BCUT2D eigenvalue weighted by Gasteiger charge is -2.37. The van der Waals surface area contributed by atoms with Gasteiger partial charge in [0.05, 0.1) is 18.8 Å². The fraction of sp³-hybridized carbons (Fsp3) is 0.143. The number of hydrogen-bond acceptors (Lipinski definition) is 3. The Hall–Kier alpha value is -3.89. The highest BCUT2D eigenvalue weighted by Crippen LogP contribution is 2.41. The van der Waals surface area contributed by atoms with Crippen LogP contribution in [0, 0.1) is 0 Å². The molecule has 5 nitrogen and oxygen atoms in total. The minimum absolute atomic E-state index is 0.0444. The maximum atomic E-state index is 11.1. The largest absolute Gasteiger partial charge is 0.390 e. The van der Waals surface area contributed by atoms with Gasteiger partial charge < -0.3 is 9.84 Å². The molecule has 164 valence electrons. The quantitative estimate of drug-likeness (QED) is 0.143. The highest BCUT2D eigenvalue weighted by atomic mass is 16.5. The number of hydrogen-bond donors (Lipinski definition) is 1. The van der Waals surface area contributed by atoms with Crippen LogP contribution in [-0.2, 0) is 10.3 Å². The van der Waals surface area contributed by atoms with Gasteiger partial charge in [-0.15, -0.1) is 0 Å². The lowest BCUT2D eigenvalue weighted by atomic mass is 9.80. The van der Waals surface area contributed by atoms with Gasteiger partial charge in [0.2, 0.25) is 0 Å². The summed E-state index contributed by atoms with van der Waals surface area (Å²) in [6, 6.07) is 38.4. The van der Waals surface area contributed by atoms with Gasteiger partial charge in [-0.3, -0.25) is 0 Å². The van der Waals surface area contributed by atoms with Crippen molar-refractivity contribution in [3.05, 3.63) is 154 Å². The van der Waals surface area contributed by atoms with Crippen LogP contribution in [0.3, 0.4) is 0 Å². The first-order chi connectivity index (χ1) is 16.3. The van der Waals surface area contributed by atoms with Crippen LogP contribution in [0.25, 0.3) is 10.4 Å². The van der Waals surface area contributed by atoms with Crippen molar-refractivity contribution in [2.24, 2.45) is 5.11 Å². The lowest BCUT2D eigenvalue weighted by Crippen LogP contribution is -2.37. The molecule has 0 aliphatic carbocycles. The molecule has 2 atom stereocenters. The molecule has 0 saturated carbocycles. The molecule has 0 spiro atoms. The maximum Gasteiger partial charge on any atom is 0.143 e. The number of aliphatic hydroxyl groups is 1. The van der Waals surface area contributed by atoms with Gasteiger partial charge in [0.15, 0.2) is 0 Å². The average Bonchev–Trinajstić information content (AvgIpc) is 2.90. The van der Waals surface area contributed by atoms with Crippen molar-refractivity contribution >= 4 is 0 Å². The van der Waals surface area contributed by atoms with Crippen molar-refractivity contribution in [1.82, 2.24) is 0 Å². The predicted molar refractivity (Wildman–Crippen MR) is 129 cm³/mol. The van der Waals surface area contributed by atoms with Gasteiger partial charge in [0, 0.05) is 4.91 Å². The summed E-state index contributed by atoms with van der Waals surface area (Å²) in [4.78, 5) is 2.96. The van der Waals surface area contributed by atoms with Gasteiger partial charge in [-0.1, -0.05) is 126 Å². The van der Waals surface area contributed by atoms with Gasteiger partial charge in [-0.05, 0) is 27.8 Å². The topological polar surface area (TPSA) is 78.2 Å². The maximum absolute atomic E-state index is 11.1. The third-order valence-electron chi connectivity index (χ3n) is 5.69. The molecule has 0 saturated heterocycles. The molecule has 0 aliphatic heterocycles. The second-order valence-corrected chi connectivity index (χ2v) is 7.72. The molecule has 5 heteroatoms. The molecule has 0 bridgehead atoms. The molecule has 33 heavy (non-hydrogen) atoms. The van der Waals surface area contributed by atoms with Crippen molar-refractivity contribution in [2.75, 3.05) is 6.61 Å². The SMILES string of the molecule is [N-]=[N+]=N[C@H](c1ccccc1)[C@@H](O)COC(c1ccccc1)(c1ccccc1)c1ccccc1. The van der Waals surface area contributed by atoms with Gasteiger partial charge in [0.1, 0.15) is 5.60 Å². The molecule has 0 fully saturated rings. The summed E-state index contributed by atoms with van der Waals surface area (Å²) in [6.07, 6.45) is -1.04. The van der Waals surface area contributed by atoms with Crippen LogP contribution < -0.4 is 0 Å². The predicted octanol–water partition coefficient (Wildman–Crippen LogP) is 6.41. The van der Waals surface area contributed by atoms with Gasteiger partial charge in [-0.2, -0.15) is 0 Å². The summed E-state index contributed by atoms with van der Waals surface area (Å²) in [6.45, 7) is -0.0444. The average molecular weight is 436 g/mol. The minimum Gasteiger partial charge on any atom is -0.390 e. The van der Waals surface area contributed by atoms with E-state index < -0.39 is 17.7 Å². The molecular weight excluding hydrogens is 410 g/mol. The van der Waals surface area contributed by atoms with Crippen LogP contribution >= 0.6 is 0 Å². The van der Waals surface area contributed by atoms with Crippen LogP contribution in [0.15, 0.2) is 126 Å². The van der Waals surface area contributed by atoms with E-state index >= 15 is 0 Å². The normalized spacial score (nSPS) is 13.0. The van der Waals surface area contributed by atoms with E-state index in [2.05, 4.69) is 10.0 Å². The number of azide groups is 1. The van der Waals surface area contributed by atoms with E-state index in [-0.39, 0.29) is 6.61 Å². The highest BCUT2D eigenvalue weighted by molar-refractivity contribution is 5.47. The zero-order valence-corrected chi connectivity index (χ0v) is 18.1. The number of nitrogens with zero attached hydrogens (tertiary/aromatic N) is 3. The lowest BCUT2D eigenvalue weighted by molar-refractivity contribution is -0.0451. The fourth-order valence-corrected chi connectivity index (χ4v) is 4.14.